The van der Waals surface area contributed by atoms with Crippen LogP contribution in [-0.2, 0) is 12.4 Å². The van der Waals surface area contributed by atoms with Crippen LogP contribution in [0.4, 0.5) is 32.2 Å². The summed E-state index contributed by atoms with van der Waals surface area (Å²) in [5, 5.41) is 0. The topological polar surface area (TPSA) is 29.0 Å². The molecule has 0 saturated carbocycles. The number of pyridine rings is 2. The summed E-state index contributed by atoms with van der Waals surface area (Å²) in [7, 11) is 0. The van der Waals surface area contributed by atoms with Gasteiger partial charge in [-0.1, -0.05) is 0 Å². The molecule has 0 spiro atoms. The molecule has 1 fully saturated rings. The maximum absolute atomic E-state index is 13.1. The summed E-state index contributed by atoms with van der Waals surface area (Å²) in [4.78, 5) is 9.12. The van der Waals surface area contributed by atoms with Crippen LogP contribution in [0.5, 0.6) is 0 Å². The quantitative estimate of drug-likeness (QED) is 0.568. The fourth-order valence-electron chi connectivity index (χ4n) is 2.94. The number of anilines is 1. The Bertz CT molecular complexity index is 773. The number of aromatic nitrogens is 2. The average molecular weight is 440 g/mol. The van der Waals surface area contributed by atoms with Crippen LogP contribution in [0.25, 0.3) is 0 Å². The van der Waals surface area contributed by atoms with E-state index in [9.17, 15) is 26.3 Å². The monoisotopic (exact) mass is 439 g/mol. The summed E-state index contributed by atoms with van der Waals surface area (Å²) in [6.45, 7) is 0.291. The molecule has 140 valence electrons. The van der Waals surface area contributed by atoms with Gasteiger partial charge in [-0.15, -0.1) is 0 Å². The van der Waals surface area contributed by atoms with E-state index in [1.54, 1.807) is 12.1 Å². The first-order valence-corrected chi connectivity index (χ1v) is 8.40. The van der Waals surface area contributed by atoms with E-state index in [2.05, 4.69) is 25.9 Å². The van der Waals surface area contributed by atoms with Gasteiger partial charge in [0.25, 0.3) is 0 Å². The van der Waals surface area contributed by atoms with Crippen LogP contribution in [-0.4, -0.2) is 16.5 Å². The predicted octanol–water partition coefficient (Wildman–Crippen LogP) is 5.62. The first-order valence-electron chi connectivity index (χ1n) is 7.61. The van der Waals surface area contributed by atoms with Gasteiger partial charge < -0.3 is 4.90 Å². The summed E-state index contributed by atoms with van der Waals surface area (Å²) in [5.41, 5.74) is -2.38. The van der Waals surface area contributed by atoms with Gasteiger partial charge in [0.15, 0.2) is 0 Å². The van der Waals surface area contributed by atoms with Crippen molar-refractivity contribution in [1.82, 2.24) is 9.97 Å². The lowest BCUT2D eigenvalue weighted by molar-refractivity contribution is -0.145. The lowest BCUT2D eigenvalue weighted by atomic mass is 10.1. The highest BCUT2D eigenvalue weighted by Gasteiger charge is 2.40. The van der Waals surface area contributed by atoms with E-state index >= 15 is 0 Å². The minimum atomic E-state index is -4.98. The van der Waals surface area contributed by atoms with E-state index in [1.165, 1.54) is 11.1 Å². The molecular formula is C16H12BrF6N3. The predicted molar refractivity (Wildman–Crippen MR) is 85.5 cm³/mol. The fraction of sp³-hybridized carbons (Fsp3) is 0.375. The fourth-order valence-corrected chi connectivity index (χ4v) is 3.46. The second kappa shape index (κ2) is 6.71. The van der Waals surface area contributed by atoms with Gasteiger partial charge in [-0.25, -0.2) is 4.98 Å². The Morgan fingerprint density at radius 2 is 1.81 bits per heavy atom. The zero-order chi connectivity index (χ0) is 19.1. The number of alkyl halides is 6. The van der Waals surface area contributed by atoms with Gasteiger partial charge in [0, 0.05) is 17.2 Å². The number of hydrogen-bond donors (Lipinski definition) is 0. The zero-order valence-electron chi connectivity index (χ0n) is 13.1. The Kier molecular flexibility index (Phi) is 4.89. The van der Waals surface area contributed by atoms with E-state index in [4.69, 9.17) is 0 Å². The zero-order valence-corrected chi connectivity index (χ0v) is 14.7. The van der Waals surface area contributed by atoms with Crippen LogP contribution in [0, 0.1) is 0 Å². The molecule has 0 aliphatic carbocycles. The number of rotatable bonds is 2. The summed E-state index contributed by atoms with van der Waals surface area (Å²) in [6, 6.07) is 3.63. The second-order valence-corrected chi connectivity index (χ2v) is 6.67. The summed E-state index contributed by atoms with van der Waals surface area (Å²) < 4.78 is 79.0. The van der Waals surface area contributed by atoms with Gasteiger partial charge in [-0.05, 0) is 53.0 Å². The smallest absolute Gasteiger partial charge is 0.348 e. The number of nitrogens with zero attached hydrogens (tertiary/aromatic N) is 3. The summed E-state index contributed by atoms with van der Waals surface area (Å²) >= 11 is 3.33. The van der Waals surface area contributed by atoms with Crippen LogP contribution in [0.15, 0.2) is 34.9 Å². The maximum Gasteiger partial charge on any atom is 0.433 e. The van der Waals surface area contributed by atoms with Crippen molar-refractivity contribution >= 4 is 21.7 Å². The Labute approximate surface area is 153 Å². The van der Waals surface area contributed by atoms with Crippen molar-refractivity contribution < 1.29 is 26.3 Å². The van der Waals surface area contributed by atoms with Gasteiger partial charge >= 0.3 is 12.4 Å². The van der Waals surface area contributed by atoms with Crippen molar-refractivity contribution in [2.75, 3.05) is 11.4 Å². The van der Waals surface area contributed by atoms with Crippen molar-refractivity contribution in [3.05, 3.63) is 51.9 Å². The van der Waals surface area contributed by atoms with Gasteiger partial charge in [0.1, 0.15) is 11.5 Å². The van der Waals surface area contributed by atoms with Crippen molar-refractivity contribution in [1.29, 1.82) is 0 Å². The van der Waals surface area contributed by atoms with E-state index in [-0.39, 0.29) is 11.9 Å². The van der Waals surface area contributed by atoms with Crippen molar-refractivity contribution in [2.24, 2.45) is 0 Å². The molecule has 3 heterocycles. The molecule has 1 aliphatic heterocycles. The molecular weight excluding hydrogens is 428 g/mol. The van der Waals surface area contributed by atoms with Crippen LogP contribution in [0.3, 0.4) is 0 Å². The molecule has 10 heteroatoms. The van der Waals surface area contributed by atoms with Gasteiger partial charge in [-0.3, -0.25) is 4.98 Å². The third-order valence-corrected chi connectivity index (χ3v) is 4.75. The van der Waals surface area contributed by atoms with Crippen LogP contribution in [0.2, 0.25) is 0 Å². The maximum atomic E-state index is 13.1. The van der Waals surface area contributed by atoms with E-state index < -0.39 is 29.7 Å². The first kappa shape index (κ1) is 18.9. The van der Waals surface area contributed by atoms with Gasteiger partial charge in [-0.2, -0.15) is 26.3 Å². The molecule has 1 aliphatic rings. The standard InChI is InChI=1S/C16H12BrF6N3/c17-10-3-1-5-24-14(10)11-4-2-6-26(11)13-8-9(15(18,19)20)7-12(25-13)16(21,22)23/h1,3,5,7-8,11H,2,4,6H2. The lowest BCUT2D eigenvalue weighted by Gasteiger charge is -2.27. The normalized spacial score (nSPS) is 18.4. The Hall–Kier alpha value is -1.84. The first-order chi connectivity index (χ1) is 12.1. The van der Waals surface area contributed by atoms with Crippen LogP contribution in [0.1, 0.15) is 35.8 Å². The third kappa shape index (κ3) is 3.79. The summed E-state index contributed by atoms with van der Waals surface area (Å²) in [6.07, 6.45) is -7.20. The minimum Gasteiger partial charge on any atom is -0.348 e. The molecule has 3 nitrogen and oxygen atoms in total. The average Bonchev–Trinajstić information content (AvgIpc) is 3.02. The molecule has 2 aromatic rings. The molecule has 0 N–H and O–H groups in total. The Morgan fingerprint density at radius 3 is 2.42 bits per heavy atom. The molecule has 26 heavy (non-hydrogen) atoms. The van der Waals surface area contributed by atoms with E-state index in [1.807, 2.05) is 0 Å². The molecule has 1 unspecified atom stereocenters. The molecule has 0 amide bonds. The SMILES string of the molecule is FC(F)(F)c1cc(N2CCCC2c2ncccc2Br)nc(C(F)(F)F)c1. The number of halogens is 7. The van der Waals surface area contributed by atoms with E-state index in [0.29, 0.717) is 35.6 Å². The minimum absolute atomic E-state index is 0.0330. The Morgan fingerprint density at radius 1 is 1.08 bits per heavy atom. The van der Waals surface area contributed by atoms with Crippen LogP contribution < -0.4 is 4.90 Å². The third-order valence-electron chi connectivity index (χ3n) is 4.08. The van der Waals surface area contributed by atoms with Gasteiger partial charge in [0.2, 0.25) is 0 Å². The van der Waals surface area contributed by atoms with Crippen LogP contribution >= 0.6 is 15.9 Å². The largest absolute Gasteiger partial charge is 0.433 e. The second-order valence-electron chi connectivity index (χ2n) is 5.82. The van der Waals surface area contributed by atoms with Gasteiger partial charge in [0.05, 0.1) is 17.3 Å². The van der Waals surface area contributed by atoms with Crippen molar-refractivity contribution in [2.45, 2.75) is 31.2 Å². The highest BCUT2D eigenvalue weighted by Crippen LogP contribution is 2.41. The molecule has 1 saturated heterocycles. The molecule has 0 bridgehead atoms. The molecule has 2 aromatic heterocycles. The summed E-state index contributed by atoms with van der Waals surface area (Å²) in [5.74, 6) is -0.354. The molecule has 0 radical (unpaired) electrons. The number of hydrogen-bond acceptors (Lipinski definition) is 3. The van der Waals surface area contributed by atoms with Crippen molar-refractivity contribution in [3.63, 3.8) is 0 Å². The molecule has 3 rings (SSSR count). The highest BCUT2D eigenvalue weighted by atomic mass is 79.9. The Balaban J connectivity index is 2.08. The molecule has 0 aromatic carbocycles. The molecule has 1 atom stereocenters. The highest BCUT2D eigenvalue weighted by molar-refractivity contribution is 9.10. The van der Waals surface area contributed by atoms with Crippen molar-refractivity contribution in [3.8, 4) is 0 Å². The lowest BCUT2D eigenvalue weighted by Crippen LogP contribution is -2.26. The van der Waals surface area contributed by atoms with E-state index in [0.717, 1.165) is 0 Å².